The normalized spacial score (nSPS) is 19.8. The maximum atomic E-state index is 13.3. The summed E-state index contributed by atoms with van der Waals surface area (Å²) in [5.74, 6) is -1.50. The van der Waals surface area contributed by atoms with Crippen LogP contribution in [-0.2, 0) is 27.3 Å². The van der Waals surface area contributed by atoms with Gasteiger partial charge in [0.05, 0.1) is 23.8 Å². The van der Waals surface area contributed by atoms with Gasteiger partial charge in [0.2, 0.25) is 0 Å². The van der Waals surface area contributed by atoms with Crippen LogP contribution in [0.5, 0.6) is 11.5 Å². The third-order valence-corrected chi connectivity index (χ3v) is 6.74. The van der Waals surface area contributed by atoms with E-state index in [1.165, 1.54) is 17.0 Å². The molecular formula is C30H27NO7. The molecule has 3 aromatic carbocycles. The zero-order valence-electron chi connectivity index (χ0n) is 21.0. The first kappa shape index (κ1) is 25.1. The molecule has 0 spiro atoms. The lowest BCUT2D eigenvalue weighted by atomic mass is 9.94. The second kappa shape index (κ2) is 10.0. The van der Waals surface area contributed by atoms with Crippen molar-refractivity contribution in [2.45, 2.75) is 39.0 Å². The SMILES string of the molecule is CCOC(=O)c1ccc(CN2C(=O)C(=O)/C(=C(\O)c3ccc4c(c3)CC(C)O4)C2c2ccc(O)cc2)cc1. The van der Waals surface area contributed by atoms with Gasteiger partial charge in [-0.3, -0.25) is 9.59 Å². The Morgan fingerprint density at radius 1 is 1.03 bits per heavy atom. The quantitative estimate of drug-likeness (QED) is 0.216. The third kappa shape index (κ3) is 4.61. The summed E-state index contributed by atoms with van der Waals surface area (Å²) in [6.07, 6.45) is 0.689. The van der Waals surface area contributed by atoms with Crippen molar-refractivity contribution in [3.8, 4) is 11.5 Å². The Kier molecular flexibility index (Phi) is 6.63. The molecule has 5 rings (SSSR count). The van der Waals surface area contributed by atoms with Crippen LogP contribution in [0.25, 0.3) is 5.76 Å². The Balaban J connectivity index is 1.54. The lowest BCUT2D eigenvalue weighted by Gasteiger charge is -2.25. The molecule has 3 aromatic rings. The maximum Gasteiger partial charge on any atom is 0.338 e. The topological polar surface area (TPSA) is 113 Å². The standard InChI is InChI=1S/C30H27NO7/c1-3-37-30(36)20-6-4-18(5-7-20)16-31-26(19-8-11-23(32)12-9-19)25(28(34)29(31)35)27(33)21-10-13-24-22(15-21)14-17(2)38-24/h4-13,15,17,26,32-33H,3,14,16H2,1-2H3/b27-25-. The number of benzene rings is 3. The van der Waals surface area contributed by atoms with Crippen molar-refractivity contribution in [1.29, 1.82) is 0 Å². The van der Waals surface area contributed by atoms with Gasteiger partial charge >= 0.3 is 5.97 Å². The van der Waals surface area contributed by atoms with E-state index < -0.39 is 23.7 Å². The number of aromatic hydroxyl groups is 1. The lowest BCUT2D eigenvalue weighted by molar-refractivity contribution is -0.140. The fraction of sp³-hybridized carbons (Fsp3) is 0.233. The zero-order chi connectivity index (χ0) is 27.0. The second-order valence-electron chi connectivity index (χ2n) is 9.39. The van der Waals surface area contributed by atoms with Gasteiger partial charge in [-0.05, 0) is 73.0 Å². The van der Waals surface area contributed by atoms with E-state index in [1.54, 1.807) is 61.5 Å². The summed E-state index contributed by atoms with van der Waals surface area (Å²) in [4.78, 5) is 40.0. The van der Waals surface area contributed by atoms with E-state index in [9.17, 15) is 24.6 Å². The summed E-state index contributed by atoms with van der Waals surface area (Å²) in [7, 11) is 0. The lowest BCUT2D eigenvalue weighted by Crippen LogP contribution is -2.29. The minimum Gasteiger partial charge on any atom is -0.508 e. The predicted octanol–water partition coefficient (Wildman–Crippen LogP) is 4.51. The monoisotopic (exact) mass is 513 g/mol. The fourth-order valence-electron chi connectivity index (χ4n) is 4.93. The van der Waals surface area contributed by atoms with E-state index in [0.717, 1.165) is 11.3 Å². The molecule has 38 heavy (non-hydrogen) atoms. The predicted molar refractivity (Wildman–Crippen MR) is 139 cm³/mol. The van der Waals surface area contributed by atoms with Crippen molar-refractivity contribution in [3.05, 3.63) is 100 Å². The average molecular weight is 514 g/mol. The number of rotatable bonds is 6. The zero-order valence-corrected chi connectivity index (χ0v) is 21.0. The molecule has 2 aliphatic rings. The average Bonchev–Trinajstić information content (AvgIpc) is 3.40. The summed E-state index contributed by atoms with van der Waals surface area (Å²) < 4.78 is 10.8. The van der Waals surface area contributed by atoms with Crippen molar-refractivity contribution < 1.29 is 34.1 Å². The number of likely N-dealkylation sites (tertiary alicyclic amines) is 1. The van der Waals surface area contributed by atoms with E-state index in [4.69, 9.17) is 9.47 Å². The summed E-state index contributed by atoms with van der Waals surface area (Å²) in [5, 5.41) is 21.2. The highest BCUT2D eigenvalue weighted by Crippen LogP contribution is 2.41. The fourth-order valence-corrected chi connectivity index (χ4v) is 4.93. The number of carbonyl (C=O) groups is 3. The molecule has 0 radical (unpaired) electrons. The van der Waals surface area contributed by atoms with Gasteiger partial charge in [-0.15, -0.1) is 0 Å². The van der Waals surface area contributed by atoms with E-state index in [0.29, 0.717) is 28.7 Å². The number of fused-ring (bicyclic) bond motifs is 1. The molecule has 2 atom stereocenters. The van der Waals surface area contributed by atoms with Crippen LogP contribution in [0.2, 0.25) is 0 Å². The van der Waals surface area contributed by atoms with Crippen LogP contribution in [0.15, 0.2) is 72.3 Å². The number of nitrogens with zero attached hydrogens (tertiary/aromatic N) is 1. The summed E-state index contributed by atoms with van der Waals surface area (Å²) in [5.41, 5.74) is 2.93. The van der Waals surface area contributed by atoms with Crippen LogP contribution >= 0.6 is 0 Å². The van der Waals surface area contributed by atoms with E-state index >= 15 is 0 Å². The van der Waals surface area contributed by atoms with Crippen LogP contribution in [0, 0.1) is 0 Å². The minimum atomic E-state index is -0.885. The molecule has 2 unspecified atom stereocenters. The number of Topliss-reactive ketones (excluding diaryl/α,β-unsaturated/α-hetero) is 1. The number of carbonyl (C=O) groups excluding carboxylic acids is 3. The number of aliphatic hydroxyl groups is 1. The Labute approximate surface area is 219 Å². The highest BCUT2D eigenvalue weighted by atomic mass is 16.5. The molecule has 1 saturated heterocycles. The molecule has 2 N–H and O–H groups in total. The molecule has 0 aliphatic carbocycles. The molecule has 2 heterocycles. The molecule has 0 saturated carbocycles. The maximum absolute atomic E-state index is 13.3. The largest absolute Gasteiger partial charge is 0.508 e. The Bertz CT molecular complexity index is 1440. The van der Waals surface area contributed by atoms with Gasteiger partial charge in [0.25, 0.3) is 11.7 Å². The van der Waals surface area contributed by atoms with Gasteiger partial charge in [-0.1, -0.05) is 24.3 Å². The van der Waals surface area contributed by atoms with Gasteiger partial charge in [0, 0.05) is 18.5 Å². The van der Waals surface area contributed by atoms with Gasteiger partial charge in [-0.25, -0.2) is 4.79 Å². The summed E-state index contributed by atoms with van der Waals surface area (Å²) >= 11 is 0. The number of aliphatic hydroxyl groups excluding tert-OH is 1. The Morgan fingerprint density at radius 3 is 2.39 bits per heavy atom. The van der Waals surface area contributed by atoms with Gasteiger partial charge < -0.3 is 24.6 Å². The third-order valence-electron chi connectivity index (χ3n) is 6.74. The molecule has 0 bridgehead atoms. The van der Waals surface area contributed by atoms with Gasteiger partial charge in [0.15, 0.2) is 0 Å². The number of ketones is 1. The van der Waals surface area contributed by atoms with Crippen LogP contribution in [-0.4, -0.2) is 45.5 Å². The van der Waals surface area contributed by atoms with E-state index in [2.05, 4.69) is 0 Å². The number of esters is 1. The second-order valence-corrected chi connectivity index (χ2v) is 9.39. The molecule has 1 fully saturated rings. The Hall–Kier alpha value is -4.59. The molecule has 2 aliphatic heterocycles. The smallest absolute Gasteiger partial charge is 0.338 e. The number of phenols is 1. The van der Waals surface area contributed by atoms with E-state index in [-0.39, 0.29) is 36.3 Å². The minimum absolute atomic E-state index is 0.0141. The van der Waals surface area contributed by atoms with Crippen molar-refractivity contribution >= 4 is 23.4 Å². The first-order chi connectivity index (χ1) is 18.3. The van der Waals surface area contributed by atoms with Gasteiger partial charge in [0.1, 0.15) is 23.4 Å². The molecular weight excluding hydrogens is 486 g/mol. The number of hydrogen-bond acceptors (Lipinski definition) is 7. The van der Waals surface area contributed by atoms with Crippen LogP contribution in [0.4, 0.5) is 0 Å². The van der Waals surface area contributed by atoms with Crippen LogP contribution < -0.4 is 4.74 Å². The highest BCUT2D eigenvalue weighted by molar-refractivity contribution is 6.46. The molecule has 8 heteroatoms. The number of amides is 1. The van der Waals surface area contributed by atoms with Crippen LogP contribution in [0.1, 0.15) is 52.5 Å². The molecule has 0 aromatic heterocycles. The summed E-state index contributed by atoms with van der Waals surface area (Å²) in [6, 6.07) is 17.1. The number of ether oxygens (including phenoxy) is 2. The van der Waals surface area contributed by atoms with Crippen molar-refractivity contribution in [1.82, 2.24) is 4.90 Å². The first-order valence-electron chi connectivity index (χ1n) is 12.4. The van der Waals surface area contributed by atoms with Crippen molar-refractivity contribution in [3.63, 3.8) is 0 Å². The number of phenolic OH excluding ortho intramolecular Hbond substituents is 1. The van der Waals surface area contributed by atoms with Gasteiger partial charge in [-0.2, -0.15) is 0 Å². The number of hydrogen-bond donors (Lipinski definition) is 2. The molecule has 194 valence electrons. The summed E-state index contributed by atoms with van der Waals surface area (Å²) in [6.45, 7) is 4.00. The highest BCUT2D eigenvalue weighted by Gasteiger charge is 2.46. The van der Waals surface area contributed by atoms with Crippen molar-refractivity contribution in [2.24, 2.45) is 0 Å². The molecule has 8 nitrogen and oxygen atoms in total. The van der Waals surface area contributed by atoms with Crippen molar-refractivity contribution in [2.75, 3.05) is 6.61 Å². The Morgan fingerprint density at radius 2 is 1.71 bits per heavy atom. The van der Waals surface area contributed by atoms with Crippen LogP contribution in [0.3, 0.4) is 0 Å². The molecule has 1 amide bonds. The van der Waals surface area contributed by atoms with E-state index in [1.807, 2.05) is 6.92 Å². The first-order valence-corrected chi connectivity index (χ1v) is 12.4.